The second kappa shape index (κ2) is 7.60. The SMILES string of the molecule is CCOc1ccc(C(=O)N/N=C/c2ccc(C#N)cc2)cc1. The number of carbonyl (C=O) groups excluding carboxylic acids is 1. The first-order valence-electron chi connectivity index (χ1n) is 6.79. The zero-order valence-corrected chi connectivity index (χ0v) is 12.1. The summed E-state index contributed by atoms with van der Waals surface area (Å²) in [4.78, 5) is 11.9. The first kappa shape index (κ1) is 15.3. The third kappa shape index (κ3) is 4.18. The van der Waals surface area contributed by atoms with Crippen molar-refractivity contribution in [2.45, 2.75) is 6.92 Å². The van der Waals surface area contributed by atoms with Crippen LogP contribution in [0.1, 0.15) is 28.4 Å². The highest BCUT2D eigenvalue weighted by Crippen LogP contribution is 2.11. The molecule has 0 bridgehead atoms. The van der Waals surface area contributed by atoms with Gasteiger partial charge in [-0.05, 0) is 48.9 Å². The molecule has 0 saturated heterocycles. The molecule has 1 N–H and O–H groups in total. The van der Waals surface area contributed by atoms with E-state index >= 15 is 0 Å². The molecule has 1 amide bonds. The lowest BCUT2D eigenvalue weighted by Crippen LogP contribution is -2.17. The first-order chi connectivity index (χ1) is 10.7. The summed E-state index contributed by atoms with van der Waals surface area (Å²) in [6.07, 6.45) is 1.52. The van der Waals surface area contributed by atoms with Crippen molar-refractivity contribution in [3.05, 3.63) is 65.2 Å². The number of hydrazone groups is 1. The third-order valence-corrected chi connectivity index (χ3v) is 2.85. The summed E-state index contributed by atoms with van der Waals surface area (Å²) in [6, 6.07) is 15.8. The van der Waals surface area contributed by atoms with Gasteiger partial charge in [0, 0.05) is 5.56 Å². The predicted octanol–water partition coefficient (Wildman–Crippen LogP) is 2.72. The molecule has 0 heterocycles. The summed E-state index contributed by atoms with van der Waals surface area (Å²) in [5, 5.41) is 12.6. The van der Waals surface area contributed by atoms with E-state index in [0.717, 1.165) is 11.3 Å². The van der Waals surface area contributed by atoms with Crippen LogP contribution < -0.4 is 10.2 Å². The zero-order valence-electron chi connectivity index (χ0n) is 12.1. The van der Waals surface area contributed by atoms with Gasteiger partial charge in [-0.3, -0.25) is 4.79 Å². The number of rotatable bonds is 5. The second-order valence-electron chi connectivity index (χ2n) is 4.39. The Morgan fingerprint density at radius 2 is 1.91 bits per heavy atom. The summed E-state index contributed by atoms with van der Waals surface area (Å²) >= 11 is 0. The molecule has 2 rings (SSSR count). The van der Waals surface area contributed by atoms with E-state index in [1.54, 1.807) is 48.5 Å². The lowest BCUT2D eigenvalue weighted by atomic mass is 10.2. The van der Waals surface area contributed by atoms with E-state index in [1.807, 2.05) is 13.0 Å². The van der Waals surface area contributed by atoms with E-state index in [4.69, 9.17) is 10.00 Å². The van der Waals surface area contributed by atoms with Gasteiger partial charge in [0.2, 0.25) is 0 Å². The van der Waals surface area contributed by atoms with Crippen LogP contribution in [-0.4, -0.2) is 18.7 Å². The minimum atomic E-state index is -0.298. The molecule has 0 atom stereocenters. The molecule has 110 valence electrons. The Hall–Kier alpha value is -3.13. The number of amides is 1. The molecule has 5 heteroatoms. The molecule has 0 spiro atoms. The number of ether oxygens (including phenoxy) is 1. The average molecular weight is 293 g/mol. The minimum absolute atomic E-state index is 0.298. The fourth-order valence-electron chi connectivity index (χ4n) is 1.74. The van der Waals surface area contributed by atoms with Gasteiger partial charge >= 0.3 is 0 Å². The maximum atomic E-state index is 11.9. The van der Waals surface area contributed by atoms with Gasteiger partial charge in [0.25, 0.3) is 5.91 Å². The molecule has 0 aliphatic carbocycles. The van der Waals surface area contributed by atoms with Crippen LogP contribution in [0.4, 0.5) is 0 Å². The number of carbonyl (C=O) groups is 1. The fraction of sp³-hybridized carbons (Fsp3) is 0.118. The number of hydrogen-bond donors (Lipinski definition) is 1. The van der Waals surface area contributed by atoms with Crippen LogP contribution in [-0.2, 0) is 0 Å². The molecule has 0 aliphatic rings. The maximum absolute atomic E-state index is 11.9. The summed E-state index contributed by atoms with van der Waals surface area (Å²) in [5.41, 5.74) is 4.33. The van der Waals surface area contributed by atoms with Crippen LogP contribution in [0, 0.1) is 11.3 Å². The molecule has 2 aromatic carbocycles. The molecule has 0 aromatic heterocycles. The van der Waals surface area contributed by atoms with Gasteiger partial charge in [0.1, 0.15) is 5.75 Å². The van der Waals surface area contributed by atoms with Crippen molar-refractivity contribution in [3.63, 3.8) is 0 Å². The Bertz CT molecular complexity index is 698. The Labute approximate surface area is 128 Å². The number of nitriles is 1. The third-order valence-electron chi connectivity index (χ3n) is 2.85. The maximum Gasteiger partial charge on any atom is 0.271 e. The number of hydrogen-bond acceptors (Lipinski definition) is 4. The van der Waals surface area contributed by atoms with E-state index in [1.165, 1.54) is 6.21 Å². The molecule has 0 unspecified atom stereocenters. The highest BCUT2D eigenvalue weighted by molar-refractivity contribution is 5.95. The van der Waals surface area contributed by atoms with Gasteiger partial charge in [0.05, 0.1) is 24.5 Å². The van der Waals surface area contributed by atoms with E-state index in [0.29, 0.717) is 17.7 Å². The molecule has 22 heavy (non-hydrogen) atoms. The summed E-state index contributed by atoms with van der Waals surface area (Å²) < 4.78 is 5.31. The molecule has 0 radical (unpaired) electrons. The molecule has 2 aromatic rings. The lowest BCUT2D eigenvalue weighted by Gasteiger charge is -2.04. The second-order valence-corrected chi connectivity index (χ2v) is 4.39. The van der Waals surface area contributed by atoms with Gasteiger partial charge in [-0.2, -0.15) is 10.4 Å². The molecule has 0 saturated carbocycles. The molecular formula is C17H15N3O2. The number of nitrogens with zero attached hydrogens (tertiary/aromatic N) is 2. The van der Waals surface area contributed by atoms with E-state index < -0.39 is 0 Å². The van der Waals surface area contributed by atoms with Crippen LogP contribution in [0.15, 0.2) is 53.6 Å². The average Bonchev–Trinajstić information content (AvgIpc) is 2.56. The van der Waals surface area contributed by atoms with Crippen molar-refractivity contribution in [3.8, 4) is 11.8 Å². The standard InChI is InChI=1S/C17H15N3O2/c1-2-22-16-9-7-15(8-10-16)17(21)20-19-12-14-5-3-13(11-18)4-6-14/h3-10,12H,2H2,1H3,(H,20,21)/b19-12+. The smallest absolute Gasteiger partial charge is 0.271 e. The minimum Gasteiger partial charge on any atom is -0.494 e. The van der Waals surface area contributed by atoms with Crippen molar-refractivity contribution in [1.29, 1.82) is 5.26 Å². The summed E-state index contributed by atoms with van der Waals surface area (Å²) in [6.45, 7) is 2.49. The van der Waals surface area contributed by atoms with E-state index in [2.05, 4.69) is 10.5 Å². The van der Waals surface area contributed by atoms with Gasteiger partial charge in [-0.15, -0.1) is 0 Å². The zero-order chi connectivity index (χ0) is 15.8. The highest BCUT2D eigenvalue weighted by atomic mass is 16.5. The quantitative estimate of drug-likeness (QED) is 0.680. The fourth-order valence-corrected chi connectivity index (χ4v) is 1.74. The van der Waals surface area contributed by atoms with Crippen LogP contribution in [0.2, 0.25) is 0 Å². The molecule has 0 fully saturated rings. The lowest BCUT2D eigenvalue weighted by molar-refractivity contribution is 0.0955. The topological polar surface area (TPSA) is 74.5 Å². The van der Waals surface area contributed by atoms with Crippen molar-refractivity contribution in [2.75, 3.05) is 6.61 Å². The van der Waals surface area contributed by atoms with Gasteiger partial charge < -0.3 is 4.74 Å². The molecule has 5 nitrogen and oxygen atoms in total. The Balaban J connectivity index is 1.93. The molecular weight excluding hydrogens is 278 g/mol. The first-order valence-corrected chi connectivity index (χ1v) is 6.79. The predicted molar refractivity (Wildman–Crippen MR) is 83.8 cm³/mol. The summed E-state index contributed by atoms with van der Waals surface area (Å²) in [5.74, 6) is 0.424. The number of nitrogens with one attached hydrogen (secondary N) is 1. The van der Waals surface area contributed by atoms with Crippen molar-refractivity contribution >= 4 is 12.1 Å². The molecule has 0 aliphatic heterocycles. The monoisotopic (exact) mass is 293 g/mol. The Morgan fingerprint density at radius 1 is 1.23 bits per heavy atom. The summed E-state index contributed by atoms with van der Waals surface area (Å²) in [7, 11) is 0. The van der Waals surface area contributed by atoms with E-state index in [-0.39, 0.29) is 5.91 Å². The van der Waals surface area contributed by atoms with Gasteiger partial charge in [-0.25, -0.2) is 5.43 Å². The highest BCUT2D eigenvalue weighted by Gasteiger charge is 2.03. The Morgan fingerprint density at radius 3 is 2.50 bits per heavy atom. The normalized spacial score (nSPS) is 10.2. The van der Waals surface area contributed by atoms with E-state index in [9.17, 15) is 4.79 Å². The van der Waals surface area contributed by atoms with Crippen LogP contribution in [0.3, 0.4) is 0 Å². The van der Waals surface area contributed by atoms with Crippen LogP contribution in [0.25, 0.3) is 0 Å². The Kier molecular flexibility index (Phi) is 5.27. The van der Waals surface area contributed by atoms with Gasteiger partial charge in [0.15, 0.2) is 0 Å². The van der Waals surface area contributed by atoms with Crippen molar-refractivity contribution < 1.29 is 9.53 Å². The van der Waals surface area contributed by atoms with Crippen LogP contribution in [0.5, 0.6) is 5.75 Å². The van der Waals surface area contributed by atoms with Crippen LogP contribution >= 0.6 is 0 Å². The number of benzene rings is 2. The largest absolute Gasteiger partial charge is 0.494 e. The van der Waals surface area contributed by atoms with Crippen molar-refractivity contribution in [1.82, 2.24) is 5.43 Å². The van der Waals surface area contributed by atoms with Crippen molar-refractivity contribution in [2.24, 2.45) is 5.10 Å². The van der Waals surface area contributed by atoms with Gasteiger partial charge in [-0.1, -0.05) is 12.1 Å².